The Hall–Kier alpha value is -1.55. The quantitative estimate of drug-likeness (QED) is 0.498. The summed E-state index contributed by atoms with van der Waals surface area (Å²) >= 11 is 0. The predicted molar refractivity (Wildman–Crippen MR) is 87.1 cm³/mol. The van der Waals surface area contributed by atoms with E-state index in [9.17, 15) is 0 Å². The van der Waals surface area contributed by atoms with Crippen LogP contribution >= 0.6 is 0 Å². The molecule has 21 heavy (non-hydrogen) atoms. The van der Waals surface area contributed by atoms with Gasteiger partial charge in [-0.15, -0.1) is 0 Å². The van der Waals surface area contributed by atoms with E-state index in [0.29, 0.717) is 25.2 Å². The van der Waals surface area contributed by atoms with Crippen molar-refractivity contribution in [2.24, 2.45) is 10.7 Å². The molecule has 0 heterocycles. The number of hydrogen-bond acceptors (Lipinski definition) is 2. The average molecular weight is 289 g/mol. The van der Waals surface area contributed by atoms with Crippen molar-refractivity contribution in [1.82, 2.24) is 5.32 Å². The third kappa shape index (κ3) is 5.76. The zero-order chi connectivity index (χ0) is 14.9. The number of methoxy groups -OCH3 is 1. The van der Waals surface area contributed by atoms with Crippen molar-refractivity contribution < 1.29 is 4.74 Å². The molecule has 1 fully saturated rings. The van der Waals surface area contributed by atoms with Crippen molar-refractivity contribution in [2.45, 2.75) is 57.7 Å². The van der Waals surface area contributed by atoms with Gasteiger partial charge in [0.15, 0.2) is 5.96 Å². The van der Waals surface area contributed by atoms with Gasteiger partial charge in [0.1, 0.15) is 0 Å². The summed E-state index contributed by atoms with van der Waals surface area (Å²) in [5, 5.41) is 3.37. The number of nitrogens with one attached hydrogen (secondary N) is 1. The van der Waals surface area contributed by atoms with Gasteiger partial charge in [0.05, 0.1) is 13.2 Å². The van der Waals surface area contributed by atoms with Gasteiger partial charge in [-0.1, -0.05) is 49.9 Å². The van der Waals surface area contributed by atoms with Crippen LogP contribution in [-0.4, -0.2) is 19.1 Å². The second kappa shape index (κ2) is 8.67. The number of rotatable bonds is 5. The lowest BCUT2D eigenvalue weighted by atomic mass is 10.1. The maximum Gasteiger partial charge on any atom is 0.189 e. The summed E-state index contributed by atoms with van der Waals surface area (Å²) in [5.74, 6) is 0.569. The zero-order valence-electron chi connectivity index (χ0n) is 13.0. The van der Waals surface area contributed by atoms with Gasteiger partial charge in [-0.3, -0.25) is 0 Å². The Kier molecular flexibility index (Phi) is 6.54. The number of nitrogens with two attached hydrogens (primary N) is 1. The van der Waals surface area contributed by atoms with Crippen molar-refractivity contribution in [1.29, 1.82) is 0 Å². The molecule has 2 rings (SSSR count). The Morgan fingerprint density at radius 3 is 2.67 bits per heavy atom. The molecule has 0 aromatic heterocycles. The molecule has 116 valence electrons. The van der Waals surface area contributed by atoms with E-state index in [0.717, 1.165) is 5.56 Å². The van der Waals surface area contributed by atoms with Gasteiger partial charge in [0.25, 0.3) is 0 Å². The zero-order valence-corrected chi connectivity index (χ0v) is 13.0. The summed E-state index contributed by atoms with van der Waals surface area (Å²) < 4.78 is 5.15. The van der Waals surface area contributed by atoms with Gasteiger partial charge < -0.3 is 15.8 Å². The van der Waals surface area contributed by atoms with E-state index in [2.05, 4.69) is 28.5 Å². The second-order valence-electron chi connectivity index (χ2n) is 5.79. The van der Waals surface area contributed by atoms with E-state index in [-0.39, 0.29) is 0 Å². The van der Waals surface area contributed by atoms with Crippen molar-refractivity contribution in [3.63, 3.8) is 0 Å². The van der Waals surface area contributed by atoms with Crippen LogP contribution in [0.3, 0.4) is 0 Å². The highest BCUT2D eigenvalue weighted by atomic mass is 16.5. The van der Waals surface area contributed by atoms with Gasteiger partial charge >= 0.3 is 0 Å². The summed E-state index contributed by atoms with van der Waals surface area (Å²) in [6, 6.07) is 8.78. The highest BCUT2D eigenvalue weighted by molar-refractivity contribution is 5.78. The van der Waals surface area contributed by atoms with E-state index >= 15 is 0 Å². The standard InChI is InChI=1S/C17H27N3O/c1-21-13-15-8-6-7-14(11-15)12-19-17(18)20-16-9-4-2-3-5-10-16/h6-8,11,16H,2-5,9-10,12-13H2,1H3,(H3,18,19,20). The van der Waals surface area contributed by atoms with Crippen molar-refractivity contribution in [3.05, 3.63) is 35.4 Å². The molecule has 3 N–H and O–H groups in total. The average Bonchev–Trinajstić information content (AvgIpc) is 2.75. The molecule has 0 amide bonds. The predicted octanol–water partition coefficient (Wildman–Crippen LogP) is 2.96. The van der Waals surface area contributed by atoms with Crippen molar-refractivity contribution >= 4 is 5.96 Å². The van der Waals surface area contributed by atoms with Crippen LogP contribution in [0.2, 0.25) is 0 Å². The minimum Gasteiger partial charge on any atom is -0.380 e. The van der Waals surface area contributed by atoms with Crippen LogP contribution < -0.4 is 11.1 Å². The molecule has 1 aliphatic carbocycles. The van der Waals surface area contributed by atoms with E-state index in [1.54, 1.807) is 7.11 Å². The number of benzene rings is 1. The normalized spacial score (nSPS) is 17.5. The highest BCUT2D eigenvalue weighted by Gasteiger charge is 2.12. The first kappa shape index (κ1) is 15.8. The minimum absolute atomic E-state index is 0.496. The van der Waals surface area contributed by atoms with Crippen LogP contribution in [0.1, 0.15) is 49.7 Å². The van der Waals surface area contributed by atoms with Crippen molar-refractivity contribution in [2.75, 3.05) is 7.11 Å². The number of nitrogens with zero attached hydrogens (tertiary/aromatic N) is 1. The molecule has 0 radical (unpaired) electrons. The Labute approximate surface area is 127 Å². The van der Waals surface area contributed by atoms with Gasteiger partial charge in [-0.25, -0.2) is 4.99 Å². The van der Waals surface area contributed by atoms with E-state index < -0.39 is 0 Å². The third-order valence-electron chi connectivity index (χ3n) is 3.94. The molecule has 1 aromatic carbocycles. The van der Waals surface area contributed by atoms with Crippen LogP contribution in [-0.2, 0) is 17.9 Å². The maximum atomic E-state index is 6.01. The van der Waals surface area contributed by atoms with Gasteiger partial charge in [-0.2, -0.15) is 0 Å². The molecule has 1 aliphatic rings. The molecule has 0 saturated heterocycles. The lowest BCUT2D eigenvalue weighted by Gasteiger charge is -2.16. The highest BCUT2D eigenvalue weighted by Crippen LogP contribution is 2.17. The molecule has 0 unspecified atom stereocenters. The molecule has 1 saturated carbocycles. The molecular weight excluding hydrogens is 262 g/mol. The first-order valence-corrected chi connectivity index (χ1v) is 7.91. The summed E-state index contributed by atoms with van der Waals surface area (Å²) in [5.41, 5.74) is 8.34. The Morgan fingerprint density at radius 2 is 1.95 bits per heavy atom. The Balaban J connectivity index is 1.85. The van der Waals surface area contributed by atoms with Crippen LogP contribution in [0.5, 0.6) is 0 Å². The van der Waals surface area contributed by atoms with Crippen LogP contribution in [0.15, 0.2) is 29.3 Å². The minimum atomic E-state index is 0.496. The molecule has 1 aromatic rings. The van der Waals surface area contributed by atoms with Gasteiger partial charge in [0.2, 0.25) is 0 Å². The first-order chi connectivity index (χ1) is 10.3. The third-order valence-corrected chi connectivity index (χ3v) is 3.94. The lowest BCUT2D eigenvalue weighted by Crippen LogP contribution is -2.39. The fraction of sp³-hybridized carbons (Fsp3) is 0.588. The fourth-order valence-corrected chi connectivity index (χ4v) is 2.84. The molecular formula is C17H27N3O. The monoisotopic (exact) mass is 289 g/mol. The maximum absolute atomic E-state index is 6.01. The summed E-state index contributed by atoms with van der Waals surface area (Å²) in [7, 11) is 1.71. The largest absolute Gasteiger partial charge is 0.380 e. The van der Waals surface area contributed by atoms with Gasteiger partial charge in [-0.05, 0) is 24.0 Å². The summed E-state index contributed by atoms with van der Waals surface area (Å²) in [4.78, 5) is 4.46. The number of guanidine groups is 1. The fourth-order valence-electron chi connectivity index (χ4n) is 2.84. The summed E-state index contributed by atoms with van der Waals surface area (Å²) in [6.45, 7) is 1.25. The van der Waals surface area contributed by atoms with E-state index in [1.807, 2.05) is 6.07 Å². The molecule has 0 atom stereocenters. The van der Waals surface area contributed by atoms with Crippen LogP contribution in [0.25, 0.3) is 0 Å². The van der Waals surface area contributed by atoms with Crippen LogP contribution in [0, 0.1) is 0 Å². The molecule has 4 heteroatoms. The number of aliphatic imine (C=N–C) groups is 1. The van der Waals surface area contributed by atoms with Crippen molar-refractivity contribution in [3.8, 4) is 0 Å². The number of ether oxygens (including phenoxy) is 1. The SMILES string of the molecule is COCc1cccc(CN=C(N)NC2CCCCCC2)c1. The van der Waals surface area contributed by atoms with Crippen LogP contribution in [0.4, 0.5) is 0 Å². The topological polar surface area (TPSA) is 59.6 Å². The molecule has 0 bridgehead atoms. The Morgan fingerprint density at radius 1 is 1.24 bits per heavy atom. The second-order valence-corrected chi connectivity index (χ2v) is 5.79. The Bertz CT molecular complexity index is 451. The first-order valence-electron chi connectivity index (χ1n) is 7.91. The lowest BCUT2D eigenvalue weighted by molar-refractivity contribution is 0.185. The van der Waals surface area contributed by atoms with Gasteiger partial charge in [0, 0.05) is 13.2 Å². The number of hydrogen-bond donors (Lipinski definition) is 2. The smallest absolute Gasteiger partial charge is 0.189 e. The molecule has 0 spiro atoms. The van der Waals surface area contributed by atoms with E-state index in [4.69, 9.17) is 10.5 Å². The van der Waals surface area contributed by atoms with E-state index in [1.165, 1.54) is 44.1 Å². The molecule has 0 aliphatic heterocycles. The summed E-state index contributed by atoms with van der Waals surface area (Å²) in [6.07, 6.45) is 7.70. The molecule has 4 nitrogen and oxygen atoms in total.